The van der Waals surface area contributed by atoms with Crippen molar-refractivity contribution >= 4 is 39.3 Å². The van der Waals surface area contributed by atoms with Crippen LogP contribution in [-0.2, 0) is 16.6 Å². The molecule has 2 aromatic carbocycles. The van der Waals surface area contributed by atoms with E-state index in [1.54, 1.807) is 48.5 Å². The molecule has 0 fully saturated rings. The van der Waals surface area contributed by atoms with Crippen molar-refractivity contribution in [1.29, 1.82) is 0 Å². The van der Waals surface area contributed by atoms with Crippen LogP contribution in [0.15, 0.2) is 53.9 Å². The number of halogens is 2. The minimum absolute atomic E-state index is 0.146. The van der Waals surface area contributed by atoms with E-state index in [4.69, 9.17) is 23.2 Å². The van der Waals surface area contributed by atoms with E-state index in [0.29, 0.717) is 10.0 Å². The average Bonchev–Trinajstić information content (AvgIpc) is 2.46. The van der Waals surface area contributed by atoms with Gasteiger partial charge in [-0.25, -0.2) is 13.1 Å². The van der Waals surface area contributed by atoms with E-state index in [2.05, 4.69) is 4.72 Å². The molecule has 0 unspecified atom stereocenters. The van der Waals surface area contributed by atoms with Gasteiger partial charge in [0.1, 0.15) is 0 Å². The minimum Gasteiger partial charge on any atom is -0.208 e. The Morgan fingerprint density at radius 2 is 1.67 bits per heavy atom. The van der Waals surface area contributed by atoms with E-state index in [1.165, 1.54) is 6.08 Å². The van der Waals surface area contributed by atoms with Crippen LogP contribution in [-0.4, -0.2) is 8.42 Å². The second kappa shape index (κ2) is 7.09. The maximum atomic E-state index is 11.9. The molecule has 0 radical (unpaired) electrons. The number of nitrogens with one attached hydrogen (secondary N) is 1. The Morgan fingerprint density at radius 1 is 1.00 bits per heavy atom. The molecular formula is C15H13Cl2NO2S. The summed E-state index contributed by atoms with van der Waals surface area (Å²) in [6.07, 6.45) is 1.51. The van der Waals surface area contributed by atoms with Gasteiger partial charge in [-0.1, -0.05) is 53.5 Å². The maximum Gasteiger partial charge on any atom is 0.234 e. The number of hydrogen-bond acceptors (Lipinski definition) is 2. The highest BCUT2D eigenvalue weighted by atomic mass is 35.5. The number of rotatable bonds is 5. The zero-order valence-electron chi connectivity index (χ0n) is 11.0. The fourth-order valence-electron chi connectivity index (χ4n) is 1.61. The molecule has 3 nitrogen and oxygen atoms in total. The van der Waals surface area contributed by atoms with Crippen LogP contribution < -0.4 is 4.72 Å². The van der Waals surface area contributed by atoms with Gasteiger partial charge in [0.25, 0.3) is 0 Å². The molecule has 0 aromatic heterocycles. The molecule has 0 saturated carbocycles. The van der Waals surface area contributed by atoms with Crippen molar-refractivity contribution in [2.75, 3.05) is 0 Å². The van der Waals surface area contributed by atoms with Crippen molar-refractivity contribution in [3.8, 4) is 0 Å². The molecule has 0 aliphatic rings. The van der Waals surface area contributed by atoms with Crippen molar-refractivity contribution in [2.45, 2.75) is 6.54 Å². The number of benzene rings is 2. The summed E-state index contributed by atoms with van der Waals surface area (Å²) in [6.45, 7) is 0.146. The quantitative estimate of drug-likeness (QED) is 0.890. The molecule has 1 N–H and O–H groups in total. The number of hydrogen-bond donors (Lipinski definition) is 1. The first-order valence-corrected chi connectivity index (χ1v) is 8.43. The molecule has 0 aliphatic heterocycles. The molecule has 2 rings (SSSR count). The lowest BCUT2D eigenvalue weighted by Gasteiger charge is -2.05. The molecule has 0 aliphatic carbocycles. The first-order chi connectivity index (χ1) is 9.96. The molecule has 6 heteroatoms. The lowest BCUT2D eigenvalue weighted by atomic mass is 10.2. The summed E-state index contributed by atoms with van der Waals surface area (Å²) in [5.74, 6) is 0. The third-order valence-corrected chi connectivity index (χ3v) is 4.39. The largest absolute Gasteiger partial charge is 0.234 e. The summed E-state index contributed by atoms with van der Waals surface area (Å²) in [7, 11) is -3.53. The van der Waals surface area contributed by atoms with Crippen LogP contribution in [0.5, 0.6) is 0 Å². The first-order valence-electron chi connectivity index (χ1n) is 6.13. The van der Waals surface area contributed by atoms with Crippen LogP contribution in [0.2, 0.25) is 10.0 Å². The zero-order valence-corrected chi connectivity index (χ0v) is 13.3. The van der Waals surface area contributed by atoms with Crippen LogP contribution in [0.1, 0.15) is 11.1 Å². The highest BCUT2D eigenvalue weighted by molar-refractivity contribution is 7.92. The third kappa shape index (κ3) is 5.17. The Hall–Kier alpha value is -1.33. The molecule has 2 aromatic rings. The van der Waals surface area contributed by atoms with Crippen molar-refractivity contribution < 1.29 is 8.42 Å². The van der Waals surface area contributed by atoms with Gasteiger partial charge < -0.3 is 0 Å². The Labute approximate surface area is 134 Å². The van der Waals surface area contributed by atoms with E-state index in [-0.39, 0.29) is 6.54 Å². The standard InChI is InChI=1S/C15H13Cl2NO2S/c16-14-7-5-12(6-8-14)9-10-21(19,20)18-11-13-3-1-2-4-15(13)17/h1-10,18H,11H2/b10-9+. The normalized spacial score (nSPS) is 11.9. The highest BCUT2D eigenvalue weighted by Gasteiger charge is 2.06. The van der Waals surface area contributed by atoms with E-state index >= 15 is 0 Å². The van der Waals surface area contributed by atoms with Gasteiger partial charge in [0, 0.05) is 22.0 Å². The lowest BCUT2D eigenvalue weighted by molar-refractivity contribution is 0.591. The van der Waals surface area contributed by atoms with Crippen molar-refractivity contribution in [1.82, 2.24) is 4.72 Å². The highest BCUT2D eigenvalue weighted by Crippen LogP contribution is 2.15. The first kappa shape index (κ1) is 16.0. The topological polar surface area (TPSA) is 46.2 Å². The van der Waals surface area contributed by atoms with Gasteiger partial charge in [0.2, 0.25) is 10.0 Å². The zero-order chi connectivity index (χ0) is 15.3. The minimum atomic E-state index is -3.53. The van der Waals surface area contributed by atoms with Gasteiger partial charge in [0.05, 0.1) is 0 Å². The molecule has 0 saturated heterocycles. The van der Waals surface area contributed by atoms with Gasteiger partial charge in [-0.15, -0.1) is 0 Å². The van der Waals surface area contributed by atoms with Crippen LogP contribution in [0, 0.1) is 0 Å². The molecule has 0 bridgehead atoms. The lowest BCUT2D eigenvalue weighted by Crippen LogP contribution is -2.20. The Balaban J connectivity index is 2.02. The monoisotopic (exact) mass is 341 g/mol. The van der Waals surface area contributed by atoms with Crippen molar-refractivity contribution in [3.05, 3.63) is 75.1 Å². The Bertz CT molecular complexity index is 741. The van der Waals surface area contributed by atoms with E-state index in [9.17, 15) is 8.42 Å². The number of sulfonamides is 1. The molecular weight excluding hydrogens is 329 g/mol. The SMILES string of the molecule is O=S(=O)(/C=C/c1ccc(Cl)cc1)NCc1ccccc1Cl. The summed E-state index contributed by atoms with van der Waals surface area (Å²) in [5, 5.41) is 2.25. The second-order valence-electron chi connectivity index (χ2n) is 4.31. The summed E-state index contributed by atoms with van der Waals surface area (Å²) in [5.41, 5.74) is 1.48. The summed E-state index contributed by atoms with van der Waals surface area (Å²) in [6, 6.07) is 14.0. The van der Waals surface area contributed by atoms with E-state index in [0.717, 1.165) is 16.5 Å². The van der Waals surface area contributed by atoms with Gasteiger partial charge >= 0.3 is 0 Å². The summed E-state index contributed by atoms with van der Waals surface area (Å²) < 4.78 is 26.2. The predicted octanol–water partition coefficient (Wildman–Crippen LogP) is 4.08. The Morgan fingerprint density at radius 3 is 2.33 bits per heavy atom. The molecule has 0 amide bonds. The van der Waals surface area contributed by atoms with Crippen LogP contribution in [0.4, 0.5) is 0 Å². The van der Waals surface area contributed by atoms with Gasteiger partial charge in [-0.2, -0.15) is 0 Å². The van der Waals surface area contributed by atoms with Gasteiger partial charge in [-0.05, 0) is 35.4 Å². The van der Waals surface area contributed by atoms with Crippen LogP contribution in [0.25, 0.3) is 6.08 Å². The maximum absolute atomic E-state index is 11.9. The van der Waals surface area contributed by atoms with Crippen molar-refractivity contribution in [2.24, 2.45) is 0 Å². The van der Waals surface area contributed by atoms with Crippen LogP contribution >= 0.6 is 23.2 Å². The average molecular weight is 342 g/mol. The third-order valence-electron chi connectivity index (χ3n) is 2.73. The fraction of sp³-hybridized carbons (Fsp3) is 0.0667. The van der Waals surface area contributed by atoms with Crippen LogP contribution in [0.3, 0.4) is 0 Å². The summed E-state index contributed by atoms with van der Waals surface area (Å²) >= 11 is 11.7. The van der Waals surface area contributed by atoms with E-state index < -0.39 is 10.0 Å². The fourth-order valence-corrected chi connectivity index (χ4v) is 2.73. The molecule has 0 heterocycles. The van der Waals surface area contributed by atoms with E-state index in [1.807, 2.05) is 0 Å². The molecule has 110 valence electrons. The predicted molar refractivity (Wildman–Crippen MR) is 87.7 cm³/mol. The smallest absolute Gasteiger partial charge is 0.208 e. The Kier molecular flexibility index (Phi) is 5.42. The molecule has 0 atom stereocenters. The summed E-state index contributed by atoms with van der Waals surface area (Å²) in [4.78, 5) is 0. The second-order valence-corrected chi connectivity index (χ2v) is 6.81. The molecule has 21 heavy (non-hydrogen) atoms. The van der Waals surface area contributed by atoms with Gasteiger partial charge in [0.15, 0.2) is 0 Å². The molecule has 0 spiro atoms. The van der Waals surface area contributed by atoms with Gasteiger partial charge in [-0.3, -0.25) is 0 Å². The van der Waals surface area contributed by atoms with Crippen molar-refractivity contribution in [3.63, 3.8) is 0 Å².